The molecule has 1 atom stereocenters. The molecular formula is C10H22O3SSi. The molecule has 0 N–H and O–H groups in total. The van der Waals surface area contributed by atoms with Crippen LogP contribution in [0.5, 0.6) is 0 Å². The third-order valence-electron chi connectivity index (χ3n) is 3.31. The van der Waals surface area contributed by atoms with Crippen LogP contribution in [0.15, 0.2) is 0 Å². The van der Waals surface area contributed by atoms with Gasteiger partial charge in [0.25, 0.3) is 5.97 Å². The maximum atomic E-state index is 5.47. The standard InChI is InChI=1S/C10H22O3SSi/c1-11-10(12-2,13-15)9(14)8-6-4-3-5-7-8/h8-9,14H,3-7H2,1-2,15H3/t9-/m0/s1. The first-order valence-electron chi connectivity index (χ1n) is 5.53. The van der Waals surface area contributed by atoms with Crippen LogP contribution in [0, 0.1) is 5.92 Å². The summed E-state index contributed by atoms with van der Waals surface area (Å²) in [7, 11) is 3.82. The summed E-state index contributed by atoms with van der Waals surface area (Å²) < 4.78 is 16.2. The van der Waals surface area contributed by atoms with Crippen molar-refractivity contribution in [2.24, 2.45) is 5.92 Å². The summed E-state index contributed by atoms with van der Waals surface area (Å²) in [6.07, 6.45) is 6.31. The summed E-state index contributed by atoms with van der Waals surface area (Å²) >= 11 is 4.64. The summed E-state index contributed by atoms with van der Waals surface area (Å²) in [5.41, 5.74) is 0. The van der Waals surface area contributed by atoms with Crippen LogP contribution in [0.4, 0.5) is 0 Å². The van der Waals surface area contributed by atoms with Crippen LogP contribution in [0.2, 0.25) is 0 Å². The topological polar surface area (TPSA) is 27.7 Å². The van der Waals surface area contributed by atoms with Crippen molar-refractivity contribution in [2.75, 3.05) is 14.2 Å². The SMILES string of the molecule is COC(OC)(O[SiH3])[C@@H](S)C1CCCCC1. The largest absolute Gasteiger partial charge is 0.379 e. The monoisotopic (exact) mass is 250 g/mol. The smallest absolute Gasteiger partial charge is 0.284 e. The molecule has 0 aromatic carbocycles. The number of thiol groups is 1. The van der Waals surface area contributed by atoms with E-state index in [-0.39, 0.29) is 5.25 Å². The molecule has 1 saturated carbocycles. The van der Waals surface area contributed by atoms with Gasteiger partial charge in [-0.25, -0.2) is 0 Å². The van der Waals surface area contributed by atoms with Crippen molar-refractivity contribution in [3.05, 3.63) is 0 Å². The molecule has 0 saturated heterocycles. The van der Waals surface area contributed by atoms with Crippen LogP contribution in [-0.4, -0.2) is 35.9 Å². The molecule has 1 rings (SSSR count). The molecule has 5 heteroatoms. The summed E-state index contributed by atoms with van der Waals surface area (Å²) in [4.78, 5) is 0. The highest BCUT2D eigenvalue weighted by molar-refractivity contribution is 7.81. The minimum atomic E-state index is -0.933. The second kappa shape index (κ2) is 6.25. The second-order valence-electron chi connectivity index (χ2n) is 4.06. The van der Waals surface area contributed by atoms with Crippen molar-refractivity contribution in [1.82, 2.24) is 0 Å². The van der Waals surface area contributed by atoms with Crippen molar-refractivity contribution in [1.29, 1.82) is 0 Å². The van der Waals surface area contributed by atoms with E-state index in [4.69, 9.17) is 13.9 Å². The zero-order chi connectivity index (χ0) is 11.3. The Labute approximate surface area is 101 Å². The first-order chi connectivity index (χ1) is 7.20. The van der Waals surface area contributed by atoms with Gasteiger partial charge in [0.2, 0.25) is 0 Å². The van der Waals surface area contributed by atoms with Crippen molar-refractivity contribution in [3.8, 4) is 0 Å². The molecule has 15 heavy (non-hydrogen) atoms. The Balaban J connectivity index is 2.65. The van der Waals surface area contributed by atoms with E-state index in [0.717, 1.165) is 0 Å². The zero-order valence-corrected chi connectivity index (χ0v) is 12.8. The molecule has 3 nitrogen and oxygen atoms in total. The number of methoxy groups -OCH3 is 2. The Bertz CT molecular complexity index is 173. The van der Waals surface area contributed by atoms with Crippen molar-refractivity contribution in [2.45, 2.75) is 43.3 Å². The van der Waals surface area contributed by atoms with Crippen LogP contribution in [0.1, 0.15) is 32.1 Å². The molecule has 0 bridgehead atoms. The highest BCUT2D eigenvalue weighted by Gasteiger charge is 2.42. The van der Waals surface area contributed by atoms with E-state index in [1.165, 1.54) is 32.1 Å². The molecule has 1 aliphatic rings. The van der Waals surface area contributed by atoms with Gasteiger partial charge in [0, 0.05) is 14.2 Å². The van der Waals surface area contributed by atoms with Crippen LogP contribution in [0.25, 0.3) is 0 Å². The van der Waals surface area contributed by atoms with Gasteiger partial charge in [0.15, 0.2) is 10.5 Å². The van der Waals surface area contributed by atoms with Crippen molar-refractivity contribution >= 4 is 23.1 Å². The molecule has 0 radical (unpaired) electrons. The predicted octanol–water partition coefficient (Wildman–Crippen LogP) is 1.11. The van der Waals surface area contributed by atoms with E-state index in [1.807, 2.05) is 0 Å². The molecule has 1 aliphatic carbocycles. The zero-order valence-electron chi connectivity index (χ0n) is 9.86. The molecule has 0 heterocycles. The number of hydrogen-bond acceptors (Lipinski definition) is 4. The highest BCUT2D eigenvalue weighted by atomic mass is 32.1. The fraction of sp³-hybridized carbons (Fsp3) is 1.00. The van der Waals surface area contributed by atoms with E-state index in [1.54, 1.807) is 14.2 Å². The molecule has 0 aromatic heterocycles. The summed E-state index contributed by atoms with van der Waals surface area (Å²) in [5.74, 6) is -0.395. The Kier molecular flexibility index (Phi) is 5.63. The lowest BCUT2D eigenvalue weighted by Gasteiger charge is -2.39. The summed E-state index contributed by atoms with van der Waals surface area (Å²) in [5, 5.41) is 0.00491. The van der Waals surface area contributed by atoms with Gasteiger partial charge in [-0.2, -0.15) is 12.6 Å². The highest BCUT2D eigenvalue weighted by Crippen LogP contribution is 2.36. The lowest BCUT2D eigenvalue weighted by Crippen LogP contribution is -2.49. The maximum Gasteiger partial charge on any atom is 0.284 e. The van der Waals surface area contributed by atoms with Gasteiger partial charge in [-0.3, -0.25) is 0 Å². The average Bonchev–Trinajstić information content (AvgIpc) is 2.33. The van der Waals surface area contributed by atoms with E-state index < -0.39 is 5.97 Å². The lowest BCUT2D eigenvalue weighted by atomic mass is 9.86. The Morgan fingerprint density at radius 1 is 1.20 bits per heavy atom. The third-order valence-corrected chi connectivity index (χ3v) is 4.62. The lowest BCUT2D eigenvalue weighted by molar-refractivity contribution is -0.325. The number of rotatable bonds is 5. The Morgan fingerprint density at radius 3 is 2.13 bits per heavy atom. The second-order valence-corrected chi connectivity index (χ2v) is 5.02. The minimum Gasteiger partial charge on any atom is -0.379 e. The molecule has 1 fully saturated rings. The molecular weight excluding hydrogens is 228 g/mol. The first kappa shape index (κ1) is 13.5. The fourth-order valence-electron chi connectivity index (χ4n) is 2.35. The van der Waals surface area contributed by atoms with E-state index >= 15 is 0 Å². The molecule has 0 aliphatic heterocycles. The summed E-state index contributed by atoms with van der Waals surface area (Å²) in [6.45, 7) is 0. The average molecular weight is 250 g/mol. The van der Waals surface area contributed by atoms with Crippen molar-refractivity contribution < 1.29 is 13.9 Å². The predicted molar refractivity (Wildman–Crippen MR) is 67.1 cm³/mol. The van der Waals surface area contributed by atoms with Crippen LogP contribution >= 0.6 is 12.6 Å². The molecule has 0 amide bonds. The molecule has 90 valence electrons. The van der Waals surface area contributed by atoms with Crippen LogP contribution < -0.4 is 0 Å². The Hall–Kier alpha value is 0.447. The normalized spacial score (nSPS) is 21.8. The van der Waals surface area contributed by atoms with E-state index in [0.29, 0.717) is 16.4 Å². The molecule has 0 aromatic rings. The maximum absolute atomic E-state index is 5.47. The fourth-order valence-corrected chi connectivity index (χ4v) is 3.75. The third kappa shape index (κ3) is 2.97. The minimum absolute atomic E-state index is 0.00491. The van der Waals surface area contributed by atoms with Crippen molar-refractivity contribution in [3.63, 3.8) is 0 Å². The molecule has 0 spiro atoms. The van der Waals surface area contributed by atoms with Gasteiger partial charge in [0.05, 0.1) is 5.25 Å². The van der Waals surface area contributed by atoms with Gasteiger partial charge in [-0.1, -0.05) is 19.3 Å². The Morgan fingerprint density at radius 2 is 1.73 bits per heavy atom. The van der Waals surface area contributed by atoms with E-state index in [2.05, 4.69) is 12.6 Å². The first-order valence-corrected chi connectivity index (χ1v) is 6.87. The molecule has 0 unspecified atom stereocenters. The number of ether oxygens (including phenoxy) is 2. The summed E-state index contributed by atoms with van der Waals surface area (Å²) in [6, 6.07) is 0. The number of hydrogen-bond donors (Lipinski definition) is 1. The van der Waals surface area contributed by atoms with Gasteiger partial charge >= 0.3 is 0 Å². The van der Waals surface area contributed by atoms with Crippen LogP contribution in [0.3, 0.4) is 0 Å². The van der Waals surface area contributed by atoms with Gasteiger partial charge in [0.1, 0.15) is 0 Å². The quantitative estimate of drug-likeness (QED) is 0.450. The van der Waals surface area contributed by atoms with Crippen LogP contribution in [-0.2, 0) is 13.9 Å². The van der Waals surface area contributed by atoms with Gasteiger partial charge in [-0.05, 0) is 18.8 Å². The van der Waals surface area contributed by atoms with Gasteiger partial charge < -0.3 is 13.9 Å². The van der Waals surface area contributed by atoms with E-state index in [9.17, 15) is 0 Å². The van der Waals surface area contributed by atoms with Gasteiger partial charge in [-0.15, -0.1) is 0 Å².